The van der Waals surface area contributed by atoms with Crippen molar-refractivity contribution in [1.29, 1.82) is 0 Å². The standard InChI is InChI=1S/C8H6F5NO3S/c9-5-1-6(10)3-7(2-5)18(15,16)14-17-4-8(11,12)13/h1-3,14H,4H2. The van der Waals surface area contributed by atoms with Crippen molar-refractivity contribution in [1.82, 2.24) is 4.89 Å². The highest BCUT2D eigenvalue weighted by Crippen LogP contribution is 2.16. The maximum Gasteiger partial charge on any atom is 0.413 e. The zero-order chi connectivity index (χ0) is 14.0. The van der Waals surface area contributed by atoms with Crippen LogP contribution in [0.3, 0.4) is 0 Å². The van der Waals surface area contributed by atoms with E-state index in [4.69, 9.17) is 0 Å². The van der Waals surface area contributed by atoms with Gasteiger partial charge in [0.15, 0.2) is 6.61 Å². The summed E-state index contributed by atoms with van der Waals surface area (Å²) < 4.78 is 83.0. The first kappa shape index (κ1) is 14.8. The maximum absolute atomic E-state index is 12.7. The Hall–Kier alpha value is -1.26. The molecule has 102 valence electrons. The van der Waals surface area contributed by atoms with Crippen LogP contribution in [0, 0.1) is 11.6 Å². The van der Waals surface area contributed by atoms with Gasteiger partial charge >= 0.3 is 6.18 Å². The van der Waals surface area contributed by atoms with Crippen LogP contribution in [0.1, 0.15) is 0 Å². The predicted molar refractivity (Wildman–Crippen MR) is 48.7 cm³/mol. The fourth-order valence-corrected chi connectivity index (χ4v) is 1.77. The molecule has 0 saturated heterocycles. The molecule has 0 amide bonds. The average Bonchev–Trinajstić information content (AvgIpc) is 2.13. The van der Waals surface area contributed by atoms with Crippen LogP contribution in [-0.4, -0.2) is 21.2 Å². The summed E-state index contributed by atoms with van der Waals surface area (Å²) in [6.07, 6.45) is -4.74. The first-order chi connectivity index (χ1) is 8.10. The quantitative estimate of drug-likeness (QED) is 0.679. The van der Waals surface area contributed by atoms with E-state index in [2.05, 4.69) is 4.84 Å². The van der Waals surface area contributed by atoms with E-state index in [-0.39, 0.29) is 0 Å². The van der Waals surface area contributed by atoms with E-state index >= 15 is 0 Å². The highest BCUT2D eigenvalue weighted by atomic mass is 32.2. The molecule has 0 heterocycles. The molecule has 0 aromatic heterocycles. The van der Waals surface area contributed by atoms with Crippen LogP contribution in [0.2, 0.25) is 0 Å². The minimum atomic E-state index is -4.74. The molecule has 1 N–H and O–H groups in total. The molecule has 0 spiro atoms. The number of nitrogens with one attached hydrogen (secondary N) is 1. The predicted octanol–water partition coefficient (Wildman–Crippen LogP) is 1.74. The van der Waals surface area contributed by atoms with Gasteiger partial charge in [0.2, 0.25) is 0 Å². The third kappa shape index (κ3) is 4.55. The van der Waals surface area contributed by atoms with E-state index < -0.39 is 39.3 Å². The van der Waals surface area contributed by atoms with Crippen molar-refractivity contribution >= 4 is 10.0 Å². The van der Waals surface area contributed by atoms with E-state index in [1.807, 2.05) is 0 Å². The van der Waals surface area contributed by atoms with Crippen molar-refractivity contribution in [3.8, 4) is 0 Å². The summed E-state index contributed by atoms with van der Waals surface area (Å²) in [6, 6.07) is 1.28. The van der Waals surface area contributed by atoms with Gasteiger partial charge in [-0.2, -0.15) is 13.2 Å². The maximum atomic E-state index is 12.7. The number of hydrogen-bond acceptors (Lipinski definition) is 3. The van der Waals surface area contributed by atoms with Crippen LogP contribution < -0.4 is 4.89 Å². The topological polar surface area (TPSA) is 55.4 Å². The van der Waals surface area contributed by atoms with Crippen molar-refractivity contribution in [2.75, 3.05) is 6.61 Å². The number of benzene rings is 1. The Bertz CT molecular complexity index is 508. The summed E-state index contributed by atoms with van der Waals surface area (Å²) >= 11 is 0. The molecule has 1 aromatic carbocycles. The average molecular weight is 291 g/mol. The molecule has 1 rings (SSSR count). The Kier molecular flexibility index (Phi) is 4.24. The van der Waals surface area contributed by atoms with Crippen molar-refractivity contribution in [3.63, 3.8) is 0 Å². The molecule has 18 heavy (non-hydrogen) atoms. The monoisotopic (exact) mass is 291 g/mol. The van der Waals surface area contributed by atoms with Gasteiger partial charge in [0.05, 0.1) is 4.90 Å². The van der Waals surface area contributed by atoms with Crippen LogP contribution in [0.4, 0.5) is 22.0 Å². The summed E-state index contributed by atoms with van der Waals surface area (Å²) in [5.74, 6) is -2.38. The Morgan fingerprint density at radius 2 is 1.61 bits per heavy atom. The number of sulfonamides is 1. The Morgan fingerprint density at radius 1 is 1.11 bits per heavy atom. The second-order valence-corrected chi connectivity index (χ2v) is 4.74. The molecule has 0 fully saturated rings. The molecule has 0 aliphatic heterocycles. The highest BCUT2D eigenvalue weighted by Gasteiger charge is 2.29. The Labute approximate surface area is 98.4 Å². The summed E-state index contributed by atoms with van der Waals surface area (Å²) in [7, 11) is -4.58. The van der Waals surface area contributed by atoms with Gasteiger partial charge in [0.25, 0.3) is 10.0 Å². The summed E-state index contributed by atoms with van der Waals surface area (Å²) in [4.78, 5) is 3.91. The molecule has 0 aliphatic rings. The fraction of sp³-hybridized carbons (Fsp3) is 0.250. The minimum absolute atomic E-state index is 0.412. The lowest BCUT2D eigenvalue weighted by molar-refractivity contribution is -0.181. The molecule has 4 nitrogen and oxygen atoms in total. The van der Waals surface area contributed by atoms with Crippen LogP contribution in [-0.2, 0) is 14.9 Å². The molecule has 1 aromatic rings. The Balaban J connectivity index is 2.80. The second-order valence-electron chi connectivity index (χ2n) is 3.10. The largest absolute Gasteiger partial charge is 0.413 e. The SMILES string of the molecule is O=S(=O)(NOCC(F)(F)F)c1cc(F)cc(F)c1. The summed E-state index contributed by atoms with van der Waals surface area (Å²) in [6.45, 7) is -1.87. The van der Waals surface area contributed by atoms with E-state index in [0.29, 0.717) is 18.2 Å². The van der Waals surface area contributed by atoms with Gasteiger partial charge in [-0.3, -0.25) is 4.84 Å². The van der Waals surface area contributed by atoms with E-state index in [1.54, 1.807) is 0 Å². The van der Waals surface area contributed by atoms with Crippen LogP contribution in [0.25, 0.3) is 0 Å². The molecule has 10 heteroatoms. The first-order valence-electron chi connectivity index (χ1n) is 4.26. The lowest BCUT2D eigenvalue weighted by Crippen LogP contribution is -2.29. The van der Waals surface area contributed by atoms with Crippen LogP contribution >= 0.6 is 0 Å². The van der Waals surface area contributed by atoms with Crippen molar-refractivity contribution in [3.05, 3.63) is 29.8 Å². The van der Waals surface area contributed by atoms with Gasteiger partial charge < -0.3 is 0 Å². The summed E-state index contributed by atoms with van der Waals surface area (Å²) in [5.41, 5.74) is 0. The lowest BCUT2D eigenvalue weighted by atomic mass is 10.3. The van der Waals surface area contributed by atoms with Crippen molar-refractivity contribution in [2.45, 2.75) is 11.1 Å². The third-order valence-electron chi connectivity index (χ3n) is 1.55. The van der Waals surface area contributed by atoms with Gasteiger partial charge in [0, 0.05) is 6.07 Å². The number of hydrogen-bond donors (Lipinski definition) is 1. The lowest BCUT2D eigenvalue weighted by Gasteiger charge is -2.09. The molecule has 0 unspecified atom stereocenters. The van der Waals surface area contributed by atoms with Gasteiger partial charge in [-0.1, -0.05) is 4.89 Å². The zero-order valence-corrected chi connectivity index (χ0v) is 9.28. The first-order valence-corrected chi connectivity index (χ1v) is 5.75. The van der Waals surface area contributed by atoms with Gasteiger partial charge in [0.1, 0.15) is 11.6 Å². The molecular formula is C8H6F5NO3S. The fourth-order valence-electron chi connectivity index (χ4n) is 0.921. The highest BCUT2D eigenvalue weighted by molar-refractivity contribution is 7.89. The molecule has 0 saturated carbocycles. The number of alkyl halides is 3. The van der Waals surface area contributed by atoms with E-state index in [0.717, 1.165) is 4.89 Å². The van der Waals surface area contributed by atoms with Gasteiger partial charge in [-0.15, -0.1) is 0 Å². The van der Waals surface area contributed by atoms with Gasteiger partial charge in [-0.25, -0.2) is 17.2 Å². The normalized spacial score (nSPS) is 12.7. The Morgan fingerprint density at radius 3 is 2.06 bits per heavy atom. The minimum Gasteiger partial charge on any atom is -0.277 e. The molecule has 0 radical (unpaired) electrons. The number of rotatable bonds is 4. The van der Waals surface area contributed by atoms with E-state index in [9.17, 15) is 30.4 Å². The van der Waals surface area contributed by atoms with Gasteiger partial charge in [-0.05, 0) is 12.1 Å². The van der Waals surface area contributed by atoms with Crippen molar-refractivity contribution in [2.24, 2.45) is 0 Å². The third-order valence-corrected chi connectivity index (χ3v) is 2.74. The van der Waals surface area contributed by atoms with E-state index in [1.165, 1.54) is 0 Å². The smallest absolute Gasteiger partial charge is 0.277 e. The van der Waals surface area contributed by atoms with Crippen molar-refractivity contribution < 1.29 is 35.2 Å². The molecule has 0 bridgehead atoms. The zero-order valence-electron chi connectivity index (χ0n) is 8.46. The van der Waals surface area contributed by atoms with Crippen LogP contribution in [0.15, 0.2) is 23.1 Å². The second kappa shape index (κ2) is 5.16. The summed E-state index contributed by atoms with van der Waals surface area (Å²) in [5, 5.41) is 0. The number of halogens is 5. The molecule has 0 atom stereocenters. The molecular weight excluding hydrogens is 285 g/mol. The van der Waals surface area contributed by atoms with Crippen LogP contribution in [0.5, 0.6) is 0 Å². The molecule has 0 aliphatic carbocycles.